The molecule has 34 nitrogen and oxygen atoms in total. The average Bonchev–Trinajstić information content (AvgIpc) is 3.18. The van der Waals surface area contributed by atoms with Gasteiger partial charge in [-0.05, 0) is 6.42 Å². The van der Waals surface area contributed by atoms with Crippen molar-refractivity contribution < 1.29 is 168 Å². The number of hydrogen-bond donors (Lipinski definition) is 17. The molecule has 0 spiro atoms. The molecular weight excluding hydrogens is 892 g/mol. The van der Waals surface area contributed by atoms with Gasteiger partial charge in [0.05, 0.1) is 0 Å². The Bertz CT molecular complexity index is 618. The number of unbranched alkanes of at least 4 members (excludes halogenated alkanes) is 9. The summed E-state index contributed by atoms with van der Waals surface area (Å²) < 4.78 is 0. The van der Waals surface area contributed by atoms with Crippen molar-refractivity contribution in [3.8, 4) is 0 Å². The molecule has 0 radical (unpaired) electrons. The molecule has 0 aliphatic heterocycles. The van der Waals surface area contributed by atoms with Crippen molar-refractivity contribution in [1.82, 2.24) is 0 Å². The predicted octanol–water partition coefficient (Wildman–Crippen LogP) is -0.405. The highest BCUT2D eigenvalue weighted by Gasteiger charge is 1.96. The molecular formula is C29H58O34. The normalized spacial score (nSPS) is 5.54. The summed E-state index contributed by atoms with van der Waals surface area (Å²) in [6.07, 6.45) is 12.9. The molecule has 63 heavy (non-hydrogen) atoms. The maximum absolute atomic E-state index is 10.2. The molecule has 0 aliphatic carbocycles. The second-order valence-electron chi connectivity index (χ2n) is 6.01. The largest absolute Gasteiger partial charge is 0.483 e. The molecule has 0 bridgehead atoms. The van der Waals surface area contributed by atoms with E-state index in [0.29, 0.717) is 6.42 Å². The van der Waals surface area contributed by atoms with E-state index in [4.69, 9.17) is 164 Å². The Morgan fingerprint density at radius 2 is 0.349 bits per heavy atom. The zero-order valence-electron chi connectivity index (χ0n) is 33.1. The van der Waals surface area contributed by atoms with Gasteiger partial charge in [0.25, 0.3) is 104 Å². The quantitative estimate of drug-likeness (QED) is 0.0925. The smallest absolute Gasteiger partial charge is 0.303 e. The van der Waals surface area contributed by atoms with E-state index in [2.05, 4.69) is 6.92 Å². The zero-order valence-corrected chi connectivity index (χ0v) is 33.1. The van der Waals surface area contributed by atoms with Crippen LogP contribution in [0.5, 0.6) is 0 Å². The molecule has 0 aromatic heterocycles. The zero-order chi connectivity index (χ0) is 54.7. The first kappa shape index (κ1) is 111. The molecule has 0 aromatic rings. The molecule has 0 fully saturated rings. The fraction of sp³-hybridized carbons (Fsp3) is 0.414. The van der Waals surface area contributed by atoms with Crippen molar-refractivity contribution in [2.45, 2.75) is 77.6 Å². The third kappa shape index (κ3) is 15400. The van der Waals surface area contributed by atoms with Crippen LogP contribution in [0.1, 0.15) is 77.6 Å². The van der Waals surface area contributed by atoms with Crippen molar-refractivity contribution in [3.63, 3.8) is 0 Å². The van der Waals surface area contributed by atoms with Gasteiger partial charge in [-0.15, -0.1) is 0 Å². The standard InChI is InChI=1S/C13H26O2.16CH2O2/c1-2-3-4-5-6-7-8-9-10-11-12-13(14)15;16*2-1-3/h2-12H2,1H3,(H,14,15);16*1H,(H,2,3). The van der Waals surface area contributed by atoms with Gasteiger partial charge in [0.15, 0.2) is 0 Å². The number of carboxylic acids is 1. The van der Waals surface area contributed by atoms with Crippen LogP contribution in [0.3, 0.4) is 0 Å². The third-order valence-electron chi connectivity index (χ3n) is 2.74. The van der Waals surface area contributed by atoms with Crippen molar-refractivity contribution >= 4 is 110 Å². The summed E-state index contributed by atoms with van der Waals surface area (Å²) >= 11 is 0. The third-order valence-corrected chi connectivity index (χ3v) is 2.74. The van der Waals surface area contributed by atoms with Gasteiger partial charge in [-0.2, -0.15) is 0 Å². The van der Waals surface area contributed by atoms with Crippen LogP contribution in [-0.4, -0.2) is 196 Å². The fourth-order valence-corrected chi connectivity index (χ4v) is 1.76. The first-order valence-electron chi connectivity index (χ1n) is 14.4. The summed E-state index contributed by atoms with van der Waals surface area (Å²) in [6.45, 7) is -1.76. The molecule has 0 rings (SSSR count). The lowest BCUT2D eigenvalue weighted by molar-refractivity contribution is -0.137. The Morgan fingerprint density at radius 3 is 0.444 bits per heavy atom. The molecule has 378 valence electrons. The highest BCUT2D eigenvalue weighted by molar-refractivity contribution is 5.66. The number of rotatable bonds is 11. The Labute approximate surface area is 355 Å². The molecule has 0 atom stereocenters. The lowest BCUT2D eigenvalue weighted by Crippen LogP contribution is -1.93. The Morgan fingerprint density at radius 1 is 0.254 bits per heavy atom. The minimum atomic E-state index is -0.658. The van der Waals surface area contributed by atoms with Crippen LogP contribution in [0.2, 0.25) is 0 Å². The van der Waals surface area contributed by atoms with Gasteiger partial charge in [-0.25, -0.2) is 0 Å². The number of carbonyl (C=O) groups is 17. The van der Waals surface area contributed by atoms with Crippen molar-refractivity contribution in [1.29, 1.82) is 0 Å². The van der Waals surface area contributed by atoms with E-state index in [-0.39, 0.29) is 104 Å². The van der Waals surface area contributed by atoms with Gasteiger partial charge in [0, 0.05) is 6.42 Å². The van der Waals surface area contributed by atoms with E-state index in [1.54, 1.807) is 0 Å². The molecule has 0 heterocycles. The van der Waals surface area contributed by atoms with Crippen LogP contribution < -0.4 is 0 Å². The van der Waals surface area contributed by atoms with Crippen molar-refractivity contribution in [2.75, 3.05) is 0 Å². The van der Waals surface area contributed by atoms with Gasteiger partial charge in [0.2, 0.25) is 0 Å². The monoisotopic (exact) mass is 950 g/mol. The molecule has 0 amide bonds. The minimum absolute atomic E-state index is 0.250. The lowest BCUT2D eigenvalue weighted by atomic mass is 10.1. The molecule has 0 saturated heterocycles. The van der Waals surface area contributed by atoms with E-state index in [1.165, 1.54) is 51.4 Å². The van der Waals surface area contributed by atoms with Crippen LogP contribution in [0.4, 0.5) is 0 Å². The lowest BCUT2D eigenvalue weighted by Gasteiger charge is -2.01. The molecule has 0 aliphatic rings. The second-order valence-corrected chi connectivity index (χ2v) is 6.01. The number of aliphatic carboxylic acids is 1. The summed E-state index contributed by atoms with van der Waals surface area (Å²) in [5, 5.41) is 119. The van der Waals surface area contributed by atoms with E-state index in [0.717, 1.165) is 12.8 Å². The van der Waals surface area contributed by atoms with Crippen molar-refractivity contribution in [3.05, 3.63) is 0 Å². The molecule has 17 N–H and O–H groups in total. The van der Waals surface area contributed by atoms with Crippen molar-refractivity contribution in [2.24, 2.45) is 0 Å². The highest BCUT2D eigenvalue weighted by atomic mass is 16.4. The van der Waals surface area contributed by atoms with E-state index in [9.17, 15) is 4.79 Å². The number of hydrogen-bond acceptors (Lipinski definition) is 17. The first-order valence-corrected chi connectivity index (χ1v) is 14.4. The molecule has 34 heteroatoms. The SMILES string of the molecule is CCCCCCCCCCCCC(=O)O.O=CO.O=CO.O=CO.O=CO.O=CO.O=CO.O=CO.O=CO.O=CO.O=CO.O=CO.O=CO.O=CO.O=CO.O=CO.O=CO. The van der Waals surface area contributed by atoms with Gasteiger partial charge < -0.3 is 86.8 Å². The maximum atomic E-state index is 10.2. The van der Waals surface area contributed by atoms with Gasteiger partial charge >= 0.3 is 5.97 Å². The van der Waals surface area contributed by atoms with Crippen LogP contribution in [-0.2, 0) is 81.5 Å². The van der Waals surface area contributed by atoms with Crippen LogP contribution in [0, 0.1) is 0 Å². The summed E-state index contributed by atoms with van der Waals surface area (Å²) in [5.41, 5.74) is 0. The highest BCUT2D eigenvalue weighted by Crippen LogP contribution is 2.11. The topological polar surface area (TPSA) is 634 Å². The Balaban J connectivity index is -0.0000000253. The molecule has 0 unspecified atom stereocenters. The van der Waals surface area contributed by atoms with Crippen LogP contribution in [0.15, 0.2) is 0 Å². The Hall–Kier alpha value is -9.01. The van der Waals surface area contributed by atoms with E-state index < -0.39 is 5.97 Å². The van der Waals surface area contributed by atoms with Crippen LogP contribution in [0.25, 0.3) is 0 Å². The fourth-order valence-electron chi connectivity index (χ4n) is 1.76. The van der Waals surface area contributed by atoms with E-state index >= 15 is 0 Å². The predicted molar refractivity (Wildman–Crippen MR) is 203 cm³/mol. The van der Waals surface area contributed by atoms with E-state index in [1.807, 2.05) is 0 Å². The summed E-state index contributed by atoms with van der Waals surface area (Å²) in [5.74, 6) is -0.658. The Kier molecular flexibility index (Phi) is 572. The first-order chi connectivity index (χ1) is 29.9. The van der Waals surface area contributed by atoms with Gasteiger partial charge in [-0.3, -0.25) is 81.5 Å². The average molecular weight is 951 g/mol. The molecule has 0 aromatic carbocycles. The number of carboxylic acid groups (broad SMARTS) is 17. The summed E-state index contributed by atoms with van der Waals surface area (Å²) in [6, 6.07) is 0. The minimum Gasteiger partial charge on any atom is -0.483 e. The van der Waals surface area contributed by atoms with Gasteiger partial charge in [0.1, 0.15) is 0 Å². The maximum Gasteiger partial charge on any atom is 0.303 e. The van der Waals surface area contributed by atoms with Crippen LogP contribution >= 0.6 is 0 Å². The van der Waals surface area contributed by atoms with Gasteiger partial charge in [-0.1, -0.05) is 64.7 Å². The summed E-state index contributed by atoms with van der Waals surface area (Å²) in [7, 11) is 0. The summed E-state index contributed by atoms with van der Waals surface area (Å²) in [4.78, 5) is 144. The second kappa shape index (κ2) is 325. The molecule has 0 saturated carbocycles.